The number of halogens is 1. The van der Waals surface area contributed by atoms with Gasteiger partial charge in [-0.25, -0.2) is 0 Å². The molecule has 0 aliphatic rings. The van der Waals surface area contributed by atoms with Crippen LogP contribution in [0.4, 0.5) is 11.4 Å². The molecule has 0 amide bonds. The molecule has 0 saturated heterocycles. The van der Waals surface area contributed by atoms with Gasteiger partial charge < -0.3 is 10.0 Å². The number of benzene rings is 1. The van der Waals surface area contributed by atoms with E-state index in [0.717, 1.165) is 15.8 Å². The molecule has 0 unspecified atom stereocenters. The Kier molecular flexibility index (Phi) is 4.92. The van der Waals surface area contributed by atoms with Crippen LogP contribution in [-0.2, 0) is 0 Å². The number of rotatable bonds is 5. The summed E-state index contributed by atoms with van der Waals surface area (Å²) in [5, 5.41) is 20.5. The van der Waals surface area contributed by atoms with Gasteiger partial charge in [0.1, 0.15) is 0 Å². The lowest BCUT2D eigenvalue weighted by Gasteiger charge is -2.30. The molecular weight excluding hydrogens is 347 g/mol. The predicted molar refractivity (Wildman–Crippen MR) is 80.0 cm³/mol. The lowest BCUT2D eigenvalue weighted by Crippen LogP contribution is -2.39. The first-order chi connectivity index (χ1) is 8.24. The number of hydrogen-bond acceptors (Lipinski definition) is 4. The fraction of sp³-hybridized carbons (Fsp3) is 0.500. The van der Waals surface area contributed by atoms with E-state index < -0.39 is 10.5 Å². The first kappa shape index (κ1) is 15.2. The third kappa shape index (κ3) is 4.09. The van der Waals surface area contributed by atoms with Gasteiger partial charge in [-0.2, -0.15) is 0 Å². The lowest BCUT2D eigenvalue weighted by atomic mass is 10.1. The number of hydrogen-bond donors (Lipinski definition) is 1. The molecule has 18 heavy (non-hydrogen) atoms. The fourth-order valence-corrected chi connectivity index (χ4v) is 2.54. The number of nitrogens with zero attached hydrogens (tertiary/aromatic N) is 2. The zero-order valence-corrected chi connectivity index (χ0v) is 12.8. The van der Waals surface area contributed by atoms with Gasteiger partial charge in [0, 0.05) is 28.8 Å². The van der Waals surface area contributed by atoms with Crippen molar-refractivity contribution in [3.63, 3.8) is 0 Å². The highest BCUT2D eigenvalue weighted by atomic mass is 127. The van der Waals surface area contributed by atoms with E-state index in [9.17, 15) is 15.2 Å². The molecule has 6 heteroatoms. The third-order valence-corrected chi connectivity index (χ3v) is 3.31. The van der Waals surface area contributed by atoms with Crippen LogP contribution in [0.25, 0.3) is 0 Å². The molecule has 1 rings (SSSR count). The van der Waals surface area contributed by atoms with Gasteiger partial charge in [0.2, 0.25) is 0 Å². The van der Waals surface area contributed by atoms with Crippen molar-refractivity contribution in [3.8, 4) is 0 Å². The Hall–Kier alpha value is -0.890. The van der Waals surface area contributed by atoms with Crippen molar-refractivity contribution in [2.75, 3.05) is 18.0 Å². The second-order valence-corrected chi connectivity index (χ2v) is 5.88. The maximum atomic E-state index is 10.7. The Labute approximate surface area is 120 Å². The average Bonchev–Trinajstić information content (AvgIpc) is 2.24. The van der Waals surface area contributed by atoms with E-state index in [4.69, 9.17) is 0 Å². The van der Waals surface area contributed by atoms with E-state index >= 15 is 0 Å². The zero-order chi connectivity index (χ0) is 13.9. The number of nitro benzene ring substituents is 1. The highest BCUT2D eigenvalue weighted by molar-refractivity contribution is 14.1. The smallest absolute Gasteiger partial charge is 0.270 e. The fourth-order valence-electron chi connectivity index (χ4n) is 1.70. The first-order valence-corrected chi connectivity index (χ1v) is 6.73. The van der Waals surface area contributed by atoms with Gasteiger partial charge in [-0.05, 0) is 49.4 Å². The monoisotopic (exact) mass is 364 g/mol. The summed E-state index contributed by atoms with van der Waals surface area (Å²) in [4.78, 5) is 12.3. The molecule has 0 aliphatic carbocycles. The van der Waals surface area contributed by atoms with Crippen LogP contribution in [0.3, 0.4) is 0 Å². The number of anilines is 1. The van der Waals surface area contributed by atoms with Crippen LogP contribution >= 0.6 is 22.6 Å². The summed E-state index contributed by atoms with van der Waals surface area (Å²) in [5.74, 6) is 0. The minimum Gasteiger partial charge on any atom is -0.389 e. The second kappa shape index (κ2) is 5.83. The van der Waals surface area contributed by atoms with Crippen molar-refractivity contribution < 1.29 is 10.0 Å². The Balaban J connectivity index is 3.04. The summed E-state index contributed by atoms with van der Waals surface area (Å²) < 4.78 is 0.813. The summed E-state index contributed by atoms with van der Waals surface area (Å²) in [5.41, 5.74) is 0.189. The van der Waals surface area contributed by atoms with Gasteiger partial charge in [-0.15, -0.1) is 0 Å². The molecule has 5 nitrogen and oxygen atoms in total. The number of nitro groups is 1. The van der Waals surface area contributed by atoms with Crippen LogP contribution in [0.15, 0.2) is 18.2 Å². The van der Waals surface area contributed by atoms with E-state index in [1.54, 1.807) is 26.0 Å². The standard InChI is InChI=1S/C12H17IN2O3/c1-4-14(8-12(2,3)16)11-6-5-9(15(17)18)7-10(11)13/h5-7,16H,4,8H2,1-3H3. The molecule has 0 bridgehead atoms. The van der Waals surface area contributed by atoms with Crippen molar-refractivity contribution in [3.05, 3.63) is 31.9 Å². The van der Waals surface area contributed by atoms with Crippen LogP contribution < -0.4 is 4.90 Å². The van der Waals surface area contributed by atoms with Crippen LogP contribution in [0, 0.1) is 13.7 Å². The summed E-state index contributed by atoms with van der Waals surface area (Å²) in [6.07, 6.45) is 0. The minimum absolute atomic E-state index is 0.0856. The largest absolute Gasteiger partial charge is 0.389 e. The number of non-ortho nitro benzene ring substituents is 1. The van der Waals surface area contributed by atoms with Crippen LogP contribution in [-0.4, -0.2) is 28.7 Å². The molecule has 100 valence electrons. The molecule has 0 aromatic heterocycles. The first-order valence-electron chi connectivity index (χ1n) is 5.66. The molecule has 1 aromatic rings. The topological polar surface area (TPSA) is 66.6 Å². The van der Waals surface area contributed by atoms with E-state index in [-0.39, 0.29) is 5.69 Å². The van der Waals surface area contributed by atoms with Crippen molar-refractivity contribution >= 4 is 34.0 Å². The second-order valence-electron chi connectivity index (χ2n) is 4.72. The van der Waals surface area contributed by atoms with Gasteiger partial charge in [-0.1, -0.05) is 0 Å². The van der Waals surface area contributed by atoms with Gasteiger partial charge in [0.25, 0.3) is 5.69 Å². The van der Waals surface area contributed by atoms with E-state index in [0.29, 0.717) is 6.54 Å². The maximum absolute atomic E-state index is 10.7. The predicted octanol–water partition coefficient (Wildman–Crippen LogP) is 2.80. The molecule has 0 saturated carbocycles. The molecule has 0 fully saturated rings. The van der Waals surface area contributed by atoms with Gasteiger partial charge in [-0.3, -0.25) is 10.1 Å². The normalized spacial score (nSPS) is 11.4. The quantitative estimate of drug-likeness (QED) is 0.496. The molecule has 1 aromatic carbocycles. The summed E-state index contributed by atoms with van der Waals surface area (Å²) in [6, 6.07) is 4.77. The highest BCUT2D eigenvalue weighted by Gasteiger charge is 2.20. The van der Waals surface area contributed by atoms with E-state index in [1.807, 2.05) is 11.8 Å². The molecule has 0 atom stereocenters. The molecular formula is C12H17IN2O3. The summed E-state index contributed by atoms with van der Waals surface area (Å²) in [7, 11) is 0. The van der Waals surface area contributed by atoms with Gasteiger partial charge in [0.05, 0.1) is 16.2 Å². The van der Waals surface area contributed by atoms with Crippen molar-refractivity contribution in [2.24, 2.45) is 0 Å². The van der Waals surface area contributed by atoms with Crippen LogP contribution in [0.2, 0.25) is 0 Å². The Morgan fingerprint density at radius 3 is 2.50 bits per heavy atom. The number of aliphatic hydroxyl groups is 1. The molecule has 0 aliphatic heterocycles. The summed E-state index contributed by atoms with van der Waals surface area (Å²) >= 11 is 2.08. The summed E-state index contributed by atoms with van der Waals surface area (Å²) in [6.45, 7) is 6.69. The lowest BCUT2D eigenvalue weighted by molar-refractivity contribution is -0.384. The maximum Gasteiger partial charge on any atom is 0.270 e. The average molecular weight is 364 g/mol. The van der Waals surface area contributed by atoms with Gasteiger partial charge >= 0.3 is 0 Å². The van der Waals surface area contributed by atoms with Gasteiger partial charge in [0.15, 0.2) is 0 Å². The number of likely N-dealkylation sites (N-methyl/N-ethyl adjacent to an activating group) is 1. The third-order valence-electron chi connectivity index (χ3n) is 2.44. The van der Waals surface area contributed by atoms with E-state index in [1.165, 1.54) is 6.07 Å². The Morgan fingerprint density at radius 1 is 1.50 bits per heavy atom. The minimum atomic E-state index is -0.805. The van der Waals surface area contributed by atoms with Crippen LogP contribution in [0.5, 0.6) is 0 Å². The highest BCUT2D eigenvalue weighted by Crippen LogP contribution is 2.27. The molecule has 1 N–H and O–H groups in total. The molecule has 0 heterocycles. The van der Waals surface area contributed by atoms with Crippen molar-refractivity contribution in [1.29, 1.82) is 0 Å². The van der Waals surface area contributed by atoms with Crippen molar-refractivity contribution in [1.82, 2.24) is 0 Å². The Bertz CT molecular complexity index is 443. The molecule has 0 spiro atoms. The van der Waals surface area contributed by atoms with E-state index in [2.05, 4.69) is 22.6 Å². The SMILES string of the molecule is CCN(CC(C)(C)O)c1ccc([N+](=O)[O-])cc1I. The Morgan fingerprint density at radius 2 is 2.11 bits per heavy atom. The zero-order valence-electron chi connectivity index (χ0n) is 10.7. The molecule has 0 radical (unpaired) electrons. The van der Waals surface area contributed by atoms with Crippen molar-refractivity contribution in [2.45, 2.75) is 26.4 Å². The van der Waals surface area contributed by atoms with Crippen LogP contribution in [0.1, 0.15) is 20.8 Å².